The van der Waals surface area contributed by atoms with Crippen molar-refractivity contribution in [2.45, 2.75) is 6.92 Å². The van der Waals surface area contributed by atoms with Crippen LogP contribution in [0.25, 0.3) is 0 Å². The second-order valence-electron chi connectivity index (χ2n) is 4.42. The molecule has 0 radical (unpaired) electrons. The van der Waals surface area contributed by atoms with E-state index in [0.29, 0.717) is 36.3 Å². The molecular formula is C11H15N3O3S2. The third-order valence-electron chi connectivity index (χ3n) is 3.21. The lowest BCUT2D eigenvalue weighted by Gasteiger charge is -2.34. The molecule has 0 aliphatic carbocycles. The zero-order chi connectivity index (χ0) is 14.0. The Labute approximate surface area is 121 Å². The molecule has 2 aliphatic heterocycles. The van der Waals surface area contributed by atoms with Gasteiger partial charge in [-0.2, -0.15) is 0 Å². The quantitative estimate of drug-likeness (QED) is 0.646. The SMILES string of the molecule is CC(=O)N1CCN(C(=O)CN2C(=O)CSC2=S)CC1. The number of hydrogen-bond acceptors (Lipinski definition) is 5. The predicted molar refractivity (Wildman–Crippen MR) is 75.6 cm³/mol. The van der Waals surface area contributed by atoms with Gasteiger partial charge in [-0.15, -0.1) is 0 Å². The van der Waals surface area contributed by atoms with Gasteiger partial charge in [0.15, 0.2) is 0 Å². The zero-order valence-corrected chi connectivity index (χ0v) is 12.3. The molecule has 104 valence electrons. The number of rotatable bonds is 2. The van der Waals surface area contributed by atoms with E-state index in [4.69, 9.17) is 12.2 Å². The van der Waals surface area contributed by atoms with Gasteiger partial charge < -0.3 is 9.80 Å². The van der Waals surface area contributed by atoms with Crippen LogP contribution in [0, 0.1) is 0 Å². The van der Waals surface area contributed by atoms with Crippen molar-refractivity contribution in [1.29, 1.82) is 0 Å². The van der Waals surface area contributed by atoms with Crippen molar-refractivity contribution in [3.8, 4) is 0 Å². The summed E-state index contributed by atoms with van der Waals surface area (Å²) in [5.74, 6) is 0.135. The second kappa shape index (κ2) is 5.87. The standard InChI is InChI=1S/C11H15N3O3S2/c1-8(15)12-2-4-13(5-3-12)9(16)6-14-10(17)7-19-11(14)18/h2-7H2,1H3. The van der Waals surface area contributed by atoms with Crippen molar-refractivity contribution in [2.75, 3.05) is 38.5 Å². The molecule has 2 aliphatic rings. The Balaban J connectivity index is 1.86. The Bertz CT molecular complexity index is 417. The Morgan fingerprint density at radius 2 is 1.79 bits per heavy atom. The molecular weight excluding hydrogens is 286 g/mol. The highest BCUT2D eigenvalue weighted by Gasteiger charge is 2.31. The van der Waals surface area contributed by atoms with E-state index >= 15 is 0 Å². The lowest BCUT2D eigenvalue weighted by molar-refractivity contribution is -0.140. The molecule has 0 spiro atoms. The van der Waals surface area contributed by atoms with E-state index in [1.807, 2.05) is 0 Å². The number of thioether (sulfide) groups is 1. The van der Waals surface area contributed by atoms with Crippen molar-refractivity contribution in [3.05, 3.63) is 0 Å². The van der Waals surface area contributed by atoms with Gasteiger partial charge in [0.1, 0.15) is 10.9 Å². The smallest absolute Gasteiger partial charge is 0.242 e. The molecule has 0 aromatic heterocycles. The summed E-state index contributed by atoms with van der Waals surface area (Å²) in [6.07, 6.45) is 0. The maximum absolute atomic E-state index is 12.1. The fraction of sp³-hybridized carbons (Fsp3) is 0.636. The molecule has 0 N–H and O–H groups in total. The normalized spacial score (nSPS) is 20.2. The average molecular weight is 301 g/mol. The molecule has 0 saturated carbocycles. The van der Waals surface area contributed by atoms with E-state index in [9.17, 15) is 14.4 Å². The Morgan fingerprint density at radius 1 is 1.21 bits per heavy atom. The van der Waals surface area contributed by atoms with Gasteiger partial charge in [0.25, 0.3) is 0 Å². The van der Waals surface area contributed by atoms with Gasteiger partial charge in [-0.25, -0.2) is 0 Å². The van der Waals surface area contributed by atoms with Crippen LogP contribution in [0.1, 0.15) is 6.92 Å². The molecule has 0 unspecified atom stereocenters. The molecule has 0 bridgehead atoms. The number of hydrogen-bond donors (Lipinski definition) is 0. The molecule has 0 aromatic rings. The van der Waals surface area contributed by atoms with Crippen molar-refractivity contribution in [1.82, 2.24) is 14.7 Å². The van der Waals surface area contributed by atoms with Crippen LogP contribution in [0.3, 0.4) is 0 Å². The Kier molecular flexibility index (Phi) is 4.41. The van der Waals surface area contributed by atoms with Gasteiger partial charge in [-0.3, -0.25) is 19.3 Å². The monoisotopic (exact) mass is 301 g/mol. The summed E-state index contributed by atoms with van der Waals surface area (Å²) in [7, 11) is 0. The van der Waals surface area contributed by atoms with Crippen LogP contribution in [-0.2, 0) is 14.4 Å². The number of carbonyl (C=O) groups excluding carboxylic acids is 3. The van der Waals surface area contributed by atoms with Crippen molar-refractivity contribution < 1.29 is 14.4 Å². The molecule has 0 atom stereocenters. The van der Waals surface area contributed by atoms with E-state index in [1.165, 1.54) is 23.6 Å². The van der Waals surface area contributed by atoms with Crippen LogP contribution < -0.4 is 0 Å². The van der Waals surface area contributed by atoms with E-state index in [1.54, 1.807) is 9.80 Å². The van der Waals surface area contributed by atoms with Gasteiger partial charge in [-0.1, -0.05) is 24.0 Å². The molecule has 19 heavy (non-hydrogen) atoms. The summed E-state index contributed by atoms with van der Waals surface area (Å²) < 4.78 is 0.473. The van der Waals surface area contributed by atoms with Crippen LogP contribution >= 0.6 is 24.0 Å². The van der Waals surface area contributed by atoms with E-state index < -0.39 is 0 Å². The highest BCUT2D eigenvalue weighted by molar-refractivity contribution is 8.23. The maximum atomic E-state index is 12.1. The third kappa shape index (κ3) is 3.24. The highest BCUT2D eigenvalue weighted by Crippen LogP contribution is 2.19. The van der Waals surface area contributed by atoms with E-state index in [-0.39, 0.29) is 24.3 Å². The van der Waals surface area contributed by atoms with Crippen LogP contribution in [-0.4, -0.2) is 75.2 Å². The summed E-state index contributed by atoms with van der Waals surface area (Å²) in [5, 5.41) is 0. The molecule has 3 amide bonds. The van der Waals surface area contributed by atoms with Gasteiger partial charge in [0.05, 0.1) is 5.75 Å². The van der Waals surface area contributed by atoms with Crippen molar-refractivity contribution in [3.63, 3.8) is 0 Å². The summed E-state index contributed by atoms with van der Waals surface area (Å²) in [4.78, 5) is 39.6. The summed E-state index contributed by atoms with van der Waals surface area (Å²) in [6, 6.07) is 0. The third-order valence-corrected chi connectivity index (χ3v) is 4.64. The number of thiocarbonyl (C=S) groups is 1. The number of amides is 3. The van der Waals surface area contributed by atoms with E-state index in [2.05, 4.69) is 0 Å². The van der Waals surface area contributed by atoms with Gasteiger partial charge in [0.2, 0.25) is 17.7 Å². The molecule has 2 heterocycles. The van der Waals surface area contributed by atoms with Crippen molar-refractivity contribution >= 4 is 46.0 Å². The minimum absolute atomic E-state index is 0.0186. The first-order chi connectivity index (χ1) is 8.99. The van der Waals surface area contributed by atoms with Crippen molar-refractivity contribution in [2.24, 2.45) is 0 Å². The molecule has 2 rings (SSSR count). The lowest BCUT2D eigenvalue weighted by Crippen LogP contribution is -2.52. The van der Waals surface area contributed by atoms with Crippen LogP contribution in [0.2, 0.25) is 0 Å². The minimum atomic E-state index is -0.110. The van der Waals surface area contributed by atoms with Gasteiger partial charge in [-0.05, 0) is 0 Å². The molecule has 8 heteroatoms. The first-order valence-electron chi connectivity index (χ1n) is 5.99. The first-order valence-corrected chi connectivity index (χ1v) is 7.39. The van der Waals surface area contributed by atoms with Gasteiger partial charge >= 0.3 is 0 Å². The molecule has 2 saturated heterocycles. The Hall–Kier alpha value is -1.15. The van der Waals surface area contributed by atoms with Crippen LogP contribution in [0.5, 0.6) is 0 Å². The fourth-order valence-electron chi connectivity index (χ4n) is 2.04. The molecule has 6 nitrogen and oxygen atoms in total. The predicted octanol–water partition coefficient (Wildman–Crippen LogP) is -0.463. The largest absolute Gasteiger partial charge is 0.339 e. The zero-order valence-electron chi connectivity index (χ0n) is 10.6. The Morgan fingerprint density at radius 3 is 2.26 bits per heavy atom. The number of nitrogens with zero attached hydrogens (tertiary/aromatic N) is 3. The average Bonchev–Trinajstić information content (AvgIpc) is 2.70. The fourth-order valence-corrected chi connectivity index (χ4v) is 3.11. The summed E-state index contributed by atoms with van der Waals surface area (Å²) in [6.45, 7) is 3.67. The summed E-state index contributed by atoms with van der Waals surface area (Å²) in [5.41, 5.74) is 0. The number of piperazine rings is 1. The molecule has 2 fully saturated rings. The topological polar surface area (TPSA) is 60.9 Å². The minimum Gasteiger partial charge on any atom is -0.339 e. The highest BCUT2D eigenvalue weighted by atomic mass is 32.2. The van der Waals surface area contributed by atoms with E-state index in [0.717, 1.165) is 0 Å². The lowest BCUT2D eigenvalue weighted by atomic mass is 10.3. The van der Waals surface area contributed by atoms with Gasteiger partial charge in [0, 0.05) is 33.1 Å². The number of carbonyl (C=O) groups is 3. The first kappa shape index (κ1) is 14.3. The van der Waals surface area contributed by atoms with Crippen LogP contribution in [0.4, 0.5) is 0 Å². The maximum Gasteiger partial charge on any atom is 0.242 e. The molecule has 0 aromatic carbocycles. The second-order valence-corrected chi connectivity index (χ2v) is 6.03. The van der Waals surface area contributed by atoms with Crippen LogP contribution in [0.15, 0.2) is 0 Å². The summed E-state index contributed by atoms with van der Waals surface area (Å²) >= 11 is 6.33.